The number of benzene rings is 1. The van der Waals surface area contributed by atoms with Crippen LogP contribution in [0.1, 0.15) is 15.9 Å². The van der Waals surface area contributed by atoms with E-state index in [0.717, 1.165) is 6.42 Å². The number of nitrogens with zero attached hydrogens (tertiary/aromatic N) is 2. The van der Waals surface area contributed by atoms with Crippen LogP contribution < -0.4 is 10.2 Å². The summed E-state index contributed by atoms with van der Waals surface area (Å²) in [5, 5.41) is 2.90. The van der Waals surface area contributed by atoms with E-state index >= 15 is 0 Å². The molecule has 0 bridgehead atoms. The standard InChI is InChI=1S/C16H19N3O/c1-19(2)15-7-5-13(6-8-15)9-11-18-16(20)14-4-3-10-17-12-14/h3-8,10,12H,9,11H2,1-2H3,(H,18,20). The lowest BCUT2D eigenvalue weighted by molar-refractivity contribution is 0.0954. The molecule has 104 valence electrons. The van der Waals surface area contributed by atoms with Gasteiger partial charge in [0.1, 0.15) is 0 Å². The summed E-state index contributed by atoms with van der Waals surface area (Å²) in [6.45, 7) is 0.620. The van der Waals surface area contributed by atoms with E-state index in [9.17, 15) is 4.79 Å². The second-order valence-corrected chi connectivity index (χ2v) is 4.81. The van der Waals surface area contributed by atoms with E-state index in [1.807, 2.05) is 14.1 Å². The molecule has 0 saturated heterocycles. The molecule has 2 rings (SSSR count). The van der Waals surface area contributed by atoms with Crippen LogP contribution in [0.25, 0.3) is 0 Å². The number of aromatic nitrogens is 1. The molecular weight excluding hydrogens is 250 g/mol. The lowest BCUT2D eigenvalue weighted by Gasteiger charge is -2.12. The Bertz CT molecular complexity index is 550. The average molecular weight is 269 g/mol. The number of nitrogens with one attached hydrogen (secondary N) is 1. The van der Waals surface area contributed by atoms with Gasteiger partial charge < -0.3 is 10.2 Å². The van der Waals surface area contributed by atoms with E-state index in [0.29, 0.717) is 12.1 Å². The van der Waals surface area contributed by atoms with Crippen molar-refractivity contribution < 1.29 is 4.79 Å². The first-order valence-corrected chi connectivity index (χ1v) is 6.61. The molecule has 0 fully saturated rings. The van der Waals surface area contributed by atoms with Crippen molar-refractivity contribution in [2.75, 3.05) is 25.5 Å². The van der Waals surface area contributed by atoms with Gasteiger partial charge in [0.25, 0.3) is 5.91 Å². The number of anilines is 1. The minimum atomic E-state index is -0.0805. The van der Waals surface area contributed by atoms with Crippen molar-refractivity contribution in [2.24, 2.45) is 0 Å². The lowest BCUT2D eigenvalue weighted by atomic mass is 10.1. The number of rotatable bonds is 5. The molecule has 1 heterocycles. The summed E-state index contributed by atoms with van der Waals surface area (Å²) in [4.78, 5) is 17.8. The molecule has 0 saturated carbocycles. The minimum Gasteiger partial charge on any atom is -0.378 e. The summed E-state index contributed by atoms with van der Waals surface area (Å²) >= 11 is 0. The summed E-state index contributed by atoms with van der Waals surface area (Å²) < 4.78 is 0. The Morgan fingerprint density at radius 3 is 2.55 bits per heavy atom. The molecule has 0 radical (unpaired) electrons. The zero-order chi connectivity index (χ0) is 14.4. The lowest BCUT2D eigenvalue weighted by Crippen LogP contribution is -2.25. The van der Waals surface area contributed by atoms with Crippen LogP contribution >= 0.6 is 0 Å². The van der Waals surface area contributed by atoms with E-state index in [-0.39, 0.29) is 5.91 Å². The van der Waals surface area contributed by atoms with Crippen LogP contribution in [0.5, 0.6) is 0 Å². The molecule has 1 aromatic heterocycles. The summed E-state index contributed by atoms with van der Waals surface area (Å²) in [6, 6.07) is 11.9. The summed E-state index contributed by atoms with van der Waals surface area (Å²) in [5.41, 5.74) is 2.98. The van der Waals surface area contributed by atoms with Gasteiger partial charge >= 0.3 is 0 Å². The van der Waals surface area contributed by atoms with Gasteiger partial charge in [0.05, 0.1) is 5.56 Å². The van der Waals surface area contributed by atoms with Crippen molar-refractivity contribution in [3.8, 4) is 0 Å². The van der Waals surface area contributed by atoms with Gasteiger partial charge in [-0.15, -0.1) is 0 Å². The number of amides is 1. The van der Waals surface area contributed by atoms with Crippen molar-refractivity contribution in [1.29, 1.82) is 0 Å². The summed E-state index contributed by atoms with van der Waals surface area (Å²) in [7, 11) is 4.03. The van der Waals surface area contributed by atoms with E-state index < -0.39 is 0 Å². The molecule has 1 N–H and O–H groups in total. The van der Waals surface area contributed by atoms with Gasteiger partial charge in [0.2, 0.25) is 0 Å². The van der Waals surface area contributed by atoms with E-state index in [1.54, 1.807) is 24.5 Å². The highest BCUT2D eigenvalue weighted by Crippen LogP contribution is 2.12. The second-order valence-electron chi connectivity index (χ2n) is 4.81. The van der Waals surface area contributed by atoms with Gasteiger partial charge in [0, 0.05) is 38.7 Å². The summed E-state index contributed by atoms with van der Waals surface area (Å²) in [6.07, 6.45) is 4.05. The van der Waals surface area contributed by atoms with Crippen LogP contribution in [0.4, 0.5) is 5.69 Å². The van der Waals surface area contributed by atoms with Crippen LogP contribution in [0.2, 0.25) is 0 Å². The van der Waals surface area contributed by atoms with Crippen LogP contribution in [0, 0.1) is 0 Å². The molecular formula is C16H19N3O. The van der Waals surface area contributed by atoms with E-state index in [4.69, 9.17) is 0 Å². The van der Waals surface area contributed by atoms with Gasteiger partial charge in [-0.3, -0.25) is 9.78 Å². The Labute approximate surface area is 119 Å². The van der Waals surface area contributed by atoms with Crippen molar-refractivity contribution in [2.45, 2.75) is 6.42 Å². The van der Waals surface area contributed by atoms with Gasteiger partial charge in [0.15, 0.2) is 0 Å². The van der Waals surface area contributed by atoms with Crippen molar-refractivity contribution in [1.82, 2.24) is 10.3 Å². The minimum absolute atomic E-state index is 0.0805. The van der Waals surface area contributed by atoms with Gasteiger partial charge in [-0.05, 0) is 36.2 Å². The normalized spacial score (nSPS) is 10.1. The van der Waals surface area contributed by atoms with Crippen LogP contribution in [-0.2, 0) is 6.42 Å². The Balaban J connectivity index is 1.82. The Morgan fingerprint density at radius 1 is 1.20 bits per heavy atom. The highest BCUT2D eigenvalue weighted by atomic mass is 16.1. The maximum absolute atomic E-state index is 11.8. The quantitative estimate of drug-likeness (QED) is 0.904. The number of hydrogen-bond acceptors (Lipinski definition) is 3. The monoisotopic (exact) mass is 269 g/mol. The molecule has 1 aromatic carbocycles. The Kier molecular flexibility index (Phi) is 4.71. The molecule has 2 aromatic rings. The molecule has 0 aliphatic heterocycles. The van der Waals surface area contributed by atoms with Crippen LogP contribution in [-0.4, -0.2) is 31.5 Å². The Morgan fingerprint density at radius 2 is 1.95 bits per heavy atom. The molecule has 0 unspecified atom stereocenters. The first-order chi connectivity index (χ1) is 9.66. The first kappa shape index (κ1) is 14.1. The molecule has 0 aliphatic carbocycles. The predicted octanol–water partition coefficient (Wildman–Crippen LogP) is 2.12. The average Bonchev–Trinajstić information content (AvgIpc) is 2.48. The summed E-state index contributed by atoms with van der Waals surface area (Å²) in [5.74, 6) is -0.0805. The first-order valence-electron chi connectivity index (χ1n) is 6.61. The number of carbonyl (C=O) groups excluding carboxylic acids is 1. The second kappa shape index (κ2) is 6.70. The fourth-order valence-corrected chi connectivity index (χ4v) is 1.88. The molecule has 4 heteroatoms. The number of carbonyl (C=O) groups is 1. The van der Waals surface area contributed by atoms with E-state index in [1.165, 1.54) is 11.3 Å². The number of pyridine rings is 1. The van der Waals surface area contributed by atoms with Gasteiger partial charge in [-0.2, -0.15) is 0 Å². The topological polar surface area (TPSA) is 45.2 Å². The molecule has 0 aliphatic rings. The van der Waals surface area contributed by atoms with Crippen LogP contribution in [0.3, 0.4) is 0 Å². The molecule has 0 spiro atoms. The fourth-order valence-electron chi connectivity index (χ4n) is 1.88. The third-order valence-electron chi connectivity index (χ3n) is 3.08. The largest absolute Gasteiger partial charge is 0.378 e. The van der Waals surface area contributed by atoms with Crippen molar-refractivity contribution in [3.05, 3.63) is 59.9 Å². The molecule has 0 atom stereocenters. The highest BCUT2D eigenvalue weighted by Gasteiger charge is 2.04. The third-order valence-corrected chi connectivity index (χ3v) is 3.08. The third kappa shape index (κ3) is 3.82. The fraction of sp³-hybridized carbons (Fsp3) is 0.250. The smallest absolute Gasteiger partial charge is 0.252 e. The maximum atomic E-state index is 11.8. The van der Waals surface area contributed by atoms with Gasteiger partial charge in [-0.1, -0.05) is 12.1 Å². The SMILES string of the molecule is CN(C)c1ccc(CCNC(=O)c2cccnc2)cc1. The maximum Gasteiger partial charge on any atom is 0.252 e. The molecule has 1 amide bonds. The van der Waals surface area contributed by atoms with Gasteiger partial charge in [-0.25, -0.2) is 0 Å². The molecule has 20 heavy (non-hydrogen) atoms. The zero-order valence-corrected chi connectivity index (χ0v) is 11.8. The predicted molar refractivity (Wildman–Crippen MR) is 81.0 cm³/mol. The molecule has 4 nitrogen and oxygen atoms in total. The van der Waals surface area contributed by atoms with Crippen molar-refractivity contribution >= 4 is 11.6 Å². The van der Waals surface area contributed by atoms with Crippen LogP contribution in [0.15, 0.2) is 48.8 Å². The van der Waals surface area contributed by atoms with E-state index in [2.05, 4.69) is 39.5 Å². The van der Waals surface area contributed by atoms with Crippen molar-refractivity contribution in [3.63, 3.8) is 0 Å². The Hall–Kier alpha value is -2.36. The number of hydrogen-bond donors (Lipinski definition) is 1. The zero-order valence-electron chi connectivity index (χ0n) is 11.8. The highest BCUT2D eigenvalue weighted by molar-refractivity contribution is 5.93.